The van der Waals surface area contributed by atoms with E-state index in [0.29, 0.717) is 18.1 Å². The summed E-state index contributed by atoms with van der Waals surface area (Å²) in [6.07, 6.45) is -1.56. The first-order valence-electron chi connectivity index (χ1n) is 6.15. The van der Waals surface area contributed by atoms with Crippen LogP contribution in [0.5, 0.6) is 0 Å². The molecule has 0 aromatic carbocycles. The van der Waals surface area contributed by atoms with Gasteiger partial charge in [-0.05, 0) is 0 Å². The summed E-state index contributed by atoms with van der Waals surface area (Å²) in [6.45, 7) is 0.431. The molecule has 1 N–H and O–H groups in total. The molecule has 0 unspecified atom stereocenters. The zero-order chi connectivity index (χ0) is 15.0. The number of aliphatic hydroxyl groups is 1. The predicted octanol–water partition coefficient (Wildman–Crippen LogP) is 0.599. The number of halogens is 3. The first kappa shape index (κ1) is 13.7. The van der Waals surface area contributed by atoms with Crippen molar-refractivity contribution < 1.29 is 18.3 Å². The lowest BCUT2D eigenvalue weighted by Crippen LogP contribution is -2.36. The highest BCUT2D eigenvalue weighted by atomic mass is 19.4. The molecule has 7 nitrogen and oxygen atoms in total. The first-order valence-corrected chi connectivity index (χ1v) is 6.15. The highest BCUT2D eigenvalue weighted by Crippen LogP contribution is 2.29. The summed E-state index contributed by atoms with van der Waals surface area (Å²) in [7, 11) is 0. The van der Waals surface area contributed by atoms with Gasteiger partial charge in [-0.3, -0.25) is 0 Å². The van der Waals surface area contributed by atoms with Crippen LogP contribution in [-0.4, -0.2) is 36.4 Å². The summed E-state index contributed by atoms with van der Waals surface area (Å²) in [5.74, 6) is -0.368. The second-order valence-electron chi connectivity index (χ2n) is 4.56. The molecule has 112 valence electrons. The van der Waals surface area contributed by atoms with Crippen molar-refractivity contribution in [2.24, 2.45) is 0 Å². The molecule has 1 aliphatic rings. The number of alkyl halides is 3. The van der Waals surface area contributed by atoms with Crippen molar-refractivity contribution in [3.8, 4) is 0 Å². The molecule has 0 atom stereocenters. The minimum absolute atomic E-state index is 0.113. The van der Waals surface area contributed by atoms with E-state index in [0.717, 1.165) is 4.57 Å². The maximum atomic E-state index is 12.7. The Morgan fingerprint density at radius 1 is 1.14 bits per heavy atom. The molecule has 2 aromatic heterocycles. The fraction of sp³-hybridized carbons (Fsp3) is 0.455. The number of aromatic nitrogens is 5. The van der Waals surface area contributed by atoms with E-state index in [9.17, 15) is 13.2 Å². The van der Waals surface area contributed by atoms with Crippen molar-refractivity contribution in [1.29, 1.82) is 0 Å². The summed E-state index contributed by atoms with van der Waals surface area (Å²) in [5.41, 5.74) is 0.568. The summed E-state index contributed by atoms with van der Waals surface area (Å²) in [6, 6.07) is 0. The highest BCUT2D eigenvalue weighted by molar-refractivity contribution is 5.31. The molecule has 3 heterocycles. The Bertz CT molecular complexity index is 638. The van der Waals surface area contributed by atoms with E-state index < -0.39 is 12.0 Å². The van der Waals surface area contributed by atoms with Crippen LogP contribution in [0.15, 0.2) is 12.4 Å². The van der Waals surface area contributed by atoms with Crippen molar-refractivity contribution in [2.75, 3.05) is 11.4 Å². The molecule has 21 heavy (non-hydrogen) atoms. The van der Waals surface area contributed by atoms with Crippen LogP contribution in [0, 0.1) is 0 Å². The normalized spacial score (nSPS) is 15.1. The number of fused-ring (bicyclic) bond motifs is 1. The van der Waals surface area contributed by atoms with Gasteiger partial charge in [0.25, 0.3) is 0 Å². The molecule has 0 amide bonds. The van der Waals surface area contributed by atoms with E-state index in [2.05, 4.69) is 20.2 Å². The van der Waals surface area contributed by atoms with E-state index >= 15 is 0 Å². The van der Waals surface area contributed by atoms with Crippen LogP contribution in [0.1, 0.15) is 17.2 Å². The first-order chi connectivity index (χ1) is 9.99. The average molecular weight is 300 g/mol. The lowest BCUT2D eigenvalue weighted by atomic mass is 10.3. The molecule has 1 aliphatic heterocycles. The Kier molecular flexibility index (Phi) is 3.24. The molecule has 0 saturated carbocycles. The number of hydrogen-bond donors (Lipinski definition) is 1. The van der Waals surface area contributed by atoms with E-state index in [4.69, 9.17) is 5.11 Å². The molecule has 3 rings (SSSR count). The third kappa shape index (κ3) is 2.53. The largest absolute Gasteiger partial charge is 0.451 e. The second-order valence-corrected chi connectivity index (χ2v) is 4.56. The summed E-state index contributed by atoms with van der Waals surface area (Å²) in [4.78, 5) is 9.87. The Morgan fingerprint density at radius 3 is 2.48 bits per heavy atom. The van der Waals surface area contributed by atoms with Gasteiger partial charge in [-0.15, -0.1) is 10.2 Å². The van der Waals surface area contributed by atoms with Gasteiger partial charge in [0.2, 0.25) is 11.8 Å². The van der Waals surface area contributed by atoms with Crippen LogP contribution < -0.4 is 4.90 Å². The third-order valence-corrected chi connectivity index (χ3v) is 3.16. The van der Waals surface area contributed by atoms with Gasteiger partial charge < -0.3 is 14.6 Å². The lowest BCUT2D eigenvalue weighted by molar-refractivity contribution is -0.147. The van der Waals surface area contributed by atoms with Crippen LogP contribution in [-0.2, 0) is 25.9 Å². The Hall–Kier alpha value is -2.23. The number of anilines is 1. The molecule has 0 fully saturated rings. The van der Waals surface area contributed by atoms with E-state index in [1.165, 1.54) is 12.4 Å². The monoisotopic (exact) mass is 300 g/mol. The van der Waals surface area contributed by atoms with Crippen LogP contribution in [0.4, 0.5) is 19.1 Å². The molecular weight excluding hydrogens is 289 g/mol. The Labute approximate surface area is 117 Å². The summed E-state index contributed by atoms with van der Waals surface area (Å²) < 4.78 is 39.3. The number of rotatable bonds is 2. The average Bonchev–Trinajstić information content (AvgIpc) is 2.90. The SMILES string of the molecule is OCc1cnc(N2CCn3c(nnc3C(F)(F)F)C2)nc1. The molecular formula is C11H11F3N6O. The van der Waals surface area contributed by atoms with Crippen molar-refractivity contribution in [3.05, 3.63) is 29.6 Å². The van der Waals surface area contributed by atoms with Gasteiger partial charge in [0.1, 0.15) is 0 Å². The Balaban J connectivity index is 1.83. The topological polar surface area (TPSA) is 80.0 Å². The fourth-order valence-corrected chi connectivity index (χ4v) is 2.13. The highest BCUT2D eigenvalue weighted by Gasteiger charge is 2.39. The van der Waals surface area contributed by atoms with Gasteiger partial charge in [-0.2, -0.15) is 13.2 Å². The van der Waals surface area contributed by atoms with Gasteiger partial charge >= 0.3 is 6.18 Å². The van der Waals surface area contributed by atoms with Gasteiger partial charge in [0.05, 0.1) is 13.2 Å². The van der Waals surface area contributed by atoms with E-state index in [1.807, 2.05) is 0 Å². The van der Waals surface area contributed by atoms with Crippen LogP contribution in [0.25, 0.3) is 0 Å². The summed E-state index contributed by atoms with van der Waals surface area (Å²) in [5, 5.41) is 15.7. The molecule has 0 bridgehead atoms. The Morgan fingerprint density at radius 2 is 1.86 bits per heavy atom. The second kappa shape index (κ2) is 4.95. The zero-order valence-electron chi connectivity index (χ0n) is 10.7. The van der Waals surface area contributed by atoms with Gasteiger partial charge in [-0.1, -0.05) is 0 Å². The fourth-order valence-electron chi connectivity index (χ4n) is 2.13. The third-order valence-electron chi connectivity index (χ3n) is 3.16. The number of hydrogen-bond acceptors (Lipinski definition) is 6. The standard InChI is InChI=1S/C11H11F3N6O/c12-11(13,14)9-18-17-8-5-19(1-2-20(8)9)10-15-3-7(6-21)4-16-10/h3-4,21H,1-2,5-6H2. The minimum atomic E-state index is -4.51. The molecule has 0 aliphatic carbocycles. The maximum Gasteiger partial charge on any atom is 0.451 e. The maximum absolute atomic E-state index is 12.7. The molecule has 0 spiro atoms. The smallest absolute Gasteiger partial charge is 0.392 e. The van der Waals surface area contributed by atoms with Crippen molar-refractivity contribution in [2.45, 2.75) is 25.9 Å². The zero-order valence-corrected chi connectivity index (χ0v) is 10.7. The number of aliphatic hydroxyl groups excluding tert-OH is 1. The van der Waals surface area contributed by atoms with Crippen LogP contribution >= 0.6 is 0 Å². The quantitative estimate of drug-likeness (QED) is 0.875. The van der Waals surface area contributed by atoms with E-state index in [1.54, 1.807) is 4.90 Å². The molecule has 2 aromatic rings. The molecule has 0 radical (unpaired) electrons. The predicted molar refractivity (Wildman–Crippen MR) is 64.0 cm³/mol. The molecule has 0 saturated heterocycles. The van der Waals surface area contributed by atoms with Gasteiger partial charge in [0, 0.05) is 31.0 Å². The lowest BCUT2D eigenvalue weighted by Gasteiger charge is -2.27. The minimum Gasteiger partial charge on any atom is -0.392 e. The molecule has 10 heteroatoms. The van der Waals surface area contributed by atoms with Crippen molar-refractivity contribution in [1.82, 2.24) is 24.7 Å². The number of nitrogens with zero attached hydrogens (tertiary/aromatic N) is 6. The van der Waals surface area contributed by atoms with Crippen LogP contribution in [0.3, 0.4) is 0 Å². The van der Waals surface area contributed by atoms with Gasteiger partial charge in [-0.25, -0.2) is 9.97 Å². The summed E-state index contributed by atoms with van der Waals surface area (Å²) >= 11 is 0. The van der Waals surface area contributed by atoms with E-state index in [-0.39, 0.29) is 25.5 Å². The van der Waals surface area contributed by atoms with Gasteiger partial charge in [0.15, 0.2) is 5.82 Å². The van der Waals surface area contributed by atoms with Crippen molar-refractivity contribution >= 4 is 5.95 Å². The van der Waals surface area contributed by atoms with Crippen LogP contribution in [0.2, 0.25) is 0 Å². The van der Waals surface area contributed by atoms with Crippen molar-refractivity contribution in [3.63, 3.8) is 0 Å².